The molecule has 0 radical (unpaired) electrons. The van der Waals surface area contributed by atoms with Crippen molar-refractivity contribution in [2.75, 3.05) is 32.1 Å². The molecule has 8 heteroatoms. The van der Waals surface area contributed by atoms with Gasteiger partial charge in [-0.05, 0) is 25.0 Å². The fraction of sp³-hybridized carbons (Fsp3) is 0.471. The number of benzene rings is 1. The van der Waals surface area contributed by atoms with E-state index in [4.69, 9.17) is 9.47 Å². The molecule has 0 aromatic heterocycles. The molecule has 1 atom stereocenters. The predicted octanol–water partition coefficient (Wildman–Crippen LogP) is 1.67. The van der Waals surface area contributed by atoms with Crippen LogP contribution in [0.5, 0.6) is 0 Å². The smallest absolute Gasteiger partial charge is 0.339 e. The van der Waals surface area contributed by atoms with Crippen molar-refractivity contribution in [2.45, 2.75) is 23.8 Å². The Hall–Kier alpha value is -2.06. The van der Waals surface area contributed by atoms with Gasteiger partial charge in [-0.1, -0.05) is 12.1 Å². The Kier molecular flexibility index (Phi) is 5.93. The van der Waals surface area contributed by atoms with Gasteiger partial charge in [-0.2, -0.15) is 0 Å². The van der Waals surface area contributed by atoms with Gasteiger partial charge in [0.1, 0.15) is 0 Å². The third kappa shape index (κ3) is 4.52. The number of rotatable bonds is 6. The van der Waals surface area contributed by atoms with Gasteiger partial charge in [-0.15, -0.1) is 11.8 Å². The summed E-state index contributed by atoms with van der Waals surface area (Å²) in [6.07, 6.45) is 2.32. The van der Waals surface area contributed by atoms with Gasteiger partial charge in [-0.25, -0.2) is 9.59 Å². The highest BCUT2D eigenvalue weighted by molar-refractivity contribution is 7.99. The number of thioether (sulfide) groups is 1. The van der Waals surface area contributed by atoms with Gasteiger partial charge in [0.25, 0.3) is 5.91 Å². The number of ether oxygens (including phenoxy) is 2. The lowest BCUT2D eigenvalue weighted by atomic mass is 10.2. The number of carbonyl (C=O) groups is 3. The number of esters is 1. The topological polar surface area (TPSA) is 84.9 Å². The lowest BCUT2D eigenvalue weighted by molar-refractivity contribution is -0.130. The van der Waals surface area contributed by atoms with Gasteiger partial charge >= 0.3 is 12.0 Å². The number of nitrogens with one attached hydrogen (secondary N) is 1. The van der Waals surface area contributed by atoms with Crippen LogP contribution in [0.3, 0.4) is 0 Å². The van der Waals surface area contributed by atoms with E-state index in [-0.39, 0.29) is 6.10 Å². The summed E-state index contributed by atoms with van der Waals surface area (Å²) in [4.78, 5) is 37.5. The van der Waals surface area contributed by atoms with Crippen LogP contribution in [0.25, 0.3) is 0 Å². The molecule has 2 saturated heterocycles. The molecule has 2 aliphatic heterocycles. The lowest BCUT2D eigenvalue weighted by Crippen LogP contribution is -2.37. The molecule has 2 heterocycles. The summed E-state index contributed by atoms with van der Waals surface area (Å²) in [6, 6.07) is 6.68. The van der Waals surface area contributed by atoms with Crippen molar-refractivity contribution in [1.29, 1.82) is 0 Å². The lowest BCUT2D eigenvalue weighted by Gasteiger charge is -2.14. The van der Waals surface area contributed by atoms with E-state index in [1.807, 2.05) is 12.1 Å². The highest BCUT2D eigenvalue weighted by Gasteiger charge is 2.27. The minimum Gasteiger partial charge on any atom is -0.452 e. The maximum atomic E-state index is 12.3. The number of hydrogen-bond donors (Lipinski definition) is 1. The van der Waals surface area contributed by atoms with Gasteiger partial charge in [0.05, 0.1) is 11.7 Å². The van der Waals surface area contributed by atoms with E-state index in [0.717, 1.165) is 35.0 Å². The molecule has 0 aliphatic carbocycles. The Morgan fingerprint density at radius 3 is 2.92 bits per heavy atom. The SMILES string of the molecule is O=C(OCC(=O)N1CCNC1=O)c1ccccc1SC[C@@H]1CCCO1. The highest BCUT2D eigenvalue weighted by Crippen LogP contribution is 2.27. The normalized spacial score (nSPS) is 19.8. The van der Waals surface area contributed by atoms with E-state index in [1.54, 1.807) is 23.9 Å². The Bertz CT molecular complexity index is 660. The zero-order chi connectivity index (χ0) is 17.6. The van der Waals surface area contributed by atoms with Crippen LogP contribution >= 0.6 is 11.8 Å². The van der Waals surface area contributed by atoms with Crippen molar-refractivity contribution >= 4 is 29.7 Å². The molecule has 1 aromatic rings. The Balaban J connectivity index is 1.55. The Morgan fingerprint density at radius 1 is 1.36 bits per heavy atom. The fourth-order valence-corrected chi connectivity index (χ4v) is 3.82. The van der Waals surface area contributed by atoms with Crippen LogP contribution in [0.15, 0.2) is 29.2 Å². The van der Waals surface area contributed by atoms with Crippen LogP contribution in [0, 0.1) is 0 Å². The molecule has 3 rings (SSSR count). The van der Waals surface area contributed by atoms with E-state index >= 15 is 0 Å². The van der Waals surface area contributed by atoms with Crippen LogP contribution in [0.4, 0.5) is 4.79 Å². The second kappa shape index (κ2) is 8.35. The minimum absolute atomic E-state index is 0.212. The van der Waals surface area contributed by atoms with Crippen molar-refractivity contribution in [1.82, 2.24) is 10.2 Å². The summed E-state index contributed by atoms with van der Waals surface area (Å²) >= 11 is 1.55. The molecule has 0 spiro atoms. The van der Waals surface area contributed by atoms with Gasteiger partial charge in [0, 0.05) is 30.3 Å². The van der Waals surface area contributed by atoms with Gasteiger partial charge in [0.15, 0.2) is 6.61 Å². The second-order valence-corrected chi connectivity index (χ2v) is 6.86. The summed E-state index contributed by atoms with van der Waals surface area (Å²) in [5.41, 5.74) is 0.421. The third-order valence-electron chi connectivity index (χ3n) is 4.04. The number of hydrogen-bond acceptors (Lipinski definition) is 6. The highest BCUT2D eigenvalue weighted by atomic mass is 32.2. The van der Waals surface area contributed by atoms with Crippen molar-refractivity contribution in [2.24, 2.45) is 0 Å². The third-order valence-corrected chi connectivity index (χ3v) is 5.25. The molecule has 2 fully saturated rings. The molecule has 0 unspecified atom stereocenters. The van der Waals surface area contributed by atoms with Crippen molar-refractivity contribution < 1.29 is 23.9 Å². The van der Waals surface area contributed by atoms with Crippen LogP contribution in [0.2, 0.25) is 0 Å². The van der Waals surface area contributed by atoms with Crippen LogP contribution in [-0.2, 0) is 14.3 Å². The molecular weight excluding hydrogens is 344 g/mol. The maximum Gasteiger partial charge on any atom is 0.339 e. The number of amides is 3. The molecular formula is C17H20N2O5S. The zero-order valence-electron chi connectivity index (χ0n) is 13.7. The predicted molar refractivity (Wildman–Crippen MR) is 91.5 cm³/mol. The molecule has 0 saturated carbocycles. The average Bonchev–Trinajstić information content (AvgIpc) is 3.29. The Morgan fingerprint density at radius 2 is 2.20 bits per heavy atom. The van der Waals surface area contributed by atoms with Crippen molar-refractivity contribution in [3.63, 3.8) is 0 Å². The van der Waals surface area contributed by atoms with Crippen molar-refractivity contribution in [3.8, 4) is 0 Å². The van der Waals surface area contributed by atoms with Gasteiger partial charge in [0.2, 0.25) is 0 Å². The summed E-state index contributed by atoms with van der Waals surface area (Å²) in [7, 11) is 0. The zero-order valence-corrected chi connectivity index (χ0v) is 14.5. The second-order valence-electron chi connectivity index (χ2n) is 5.80. The molecule has 1 N–H and O–H groups in total. The van der Waals surface area contributed by atoms with E-state index in [9.17, 15) is 14.4 Å². The number of imide groups is 1. The molecule has 2 aliphatic rings. The molecule has 0 bridgehead atoms. The first kappa shape index (κ1) is 17.8. The van der Waals surface area contributed by atoms with Gasteiger partial charge in [-0.3, -0.25) is 9.69 Å². The van der Waals surface area contributed by atoms with Crippen LogP contribution in [-0.4, -0.2) is 61.0 Å². The minimum atomic E-state index is -0.566. The van der Waals surface area contributed by atoms with E-state index in [0.29, 0.717) is 18.7 Å². The standard InChI is InChI=1S/C17H20N2O5S/c20-15(19-8-7-18-17(19)22)10-24-16(21)13-5-1-2-6-14(13)25-11-12-4-3-9-23-12/h1-2,5-6,12H,3-4,7-11H2,(H,18,22)/t12-/m0/s1. The van der Waals surface area contributed by atoms with E-state index < -0.39 is 24.5 Å². The fourth-order valence-electron chi connectivity index (χ4n) is 2.71. The first-order valence-electron chi connectivity index (χ1n) is 8.24. The average molecular weight is 364 g/mol. The molecule has 25 heavy (non-hydrogen) atoms. The first-order chi connectivity index (χ1) is 12.1. The summed E-state index contributed by atoms with van der Waals surface area (Å²) in [6.45, 7) is 1.06. The summed E-state index contributed by atoms with van der Waals surface area (Å²) in [5, 5.41) is 2.53. The first-order valence-corrected chi connectivity index (χ1v) is 9.22. The largest absolute Gasteiger partial charge is 0.452 e. The Labute approximate surface area is 150 Å². The van der Waals surface area contributed by atoms with Gasteiger partial charge < -0.3 is 14.8 Å². The number of urea groups is 1. The van der Waals surface area contributed by atoms with Crippen LogP contribution < -0.4 is 5.32 Å². The quantitative estimate of drug-likeness (QED) is 0.610. The van der Waals surface area contributed by atoms with Crippen molar-refractivity contribution in [3.05, 3.63) is 29.8 Å². The molecule has 134 valence electrons. The monoisotopic (exact) mass is 364 g/mol. The summed E-state index contributed by atoms with van der Waals surface area (Å²) < 4.78 is 10.7. The summed E-state index contributed by atoms with van der Waals surface area (Å²) in [5.74, 6) is -0.312. The van der Waals surface area contributed by atoms with Crippen LogP contribution in [0.1, 0.15) is 23.2 Å². The van der Waals surface area contributed by atoms with E-state index in [2.05, 4.69) is 5.32 Å². The molecule has 1 aromatic carbocycles. The maximum absolute atomic E-state index is 12.3. The molecule has 3 amide bonds. The van der Waals surface area contributed by atoms with E-state index in [1.165, 1.54) is 0 Å². The molecule has 7 nitrogen and oxygen atoms in total. The number of carbonyl (C=O) groups excluding carboxylic acids is 3. The number of nitrogens with zero attached hydrogens (tertiary/aromatic N) is 1.